The number of nitrogens with zero attached hydrogens (tertiary/aromatic N) is 1. The number of aromatic nitrogens is 1. The lowest BCUT2D eigenvalue weighted by Crippen LogP contribution is -2.22. The average Bonchev–Trinajstić information content (AvgIpc) is 3.26. The van der Waals surface area contributed by atoms with Crippen molar-refractivity contribution in [2.45, 2.75) is 38.6 Å². The summed E-state index contributed by atoms with van der Waals surface area (Å²) >= 11 is 1.60. The van der Waals surface area contributed by atoms with Gasteiger partial charge in [-0.2, -0.15) is 0 Å². The van der Waals surface area contributed by atoms with Crippen LogP contribution in [0.25, 0.3) is 21.0 Å². The first kappa shape index (κ1) is 17.6. The number of carbonyl (C=O) groups excluding carboxylic acids is 1. The summed E-state index contributed by atoms with van der Waals surface area (Å²) in [4.78, 5) is 16.4. The monoisotopic (exact) mass is 357 g/mol. The van der Waals surface area contributed by atoms with Crippen LogP contribution in [0, 0.1) is 0 Å². The zero-order chi connectivity index (χ0) is 17.5. The molecule has 2 heterocycles. The van der Waals surface area contributed by atoms with Crippen molar-refractivity contribution in [3.8, 4) is 10.8 Å². The van der Waals surface area contributed by atoms with Gasteiger partial charge in [-0.1, -0.05) is 25.0 Å². The molecule has 0 bridgehead atoms. The van der Waals surface area contributed by atoms with Crippen LogP contribution < -0.4 is 11.1 Å². The van der Waals surface area contributed by atoms with E-state index in [9.17, 15) is 4.79 Å². The summed E-state index contributed by atoms with van der Waals surface area (Å²) < 4.78 is 6.96. The number of benzene rings is 1. The molecule has 0 spiro atoms. The number of carbonyl (C=O) groups is 1. The predicted octanol–water partition coefficient (Wildman–Crippen LogP) is 4.08. The number of hydrogen-bond acceptors (Lipinski definition) is 5. The van der Waals surface area contributed by atoms with Crippen LogP contribution in [0.1, 0.15) is 37.9 Å². The van der Waals surface area contributed by atoms with Crippen molar-refractivity contribution < 1.29 is 9.21 Å². The Morgan fingerprint density at radius 2 is 1.96 bits per heavy atom. The van der Waals surface area contributed by atoms with E-state index in [0.29, 0.717) is 13.0 Å². The summed E-state index contributed by atoms with van der Waals surface area (Å²) in [6, 6.07) is 11.8. The maximum absolute atomic E-state index is 11.9. The number of fused-ring (bicyclic) bond motifs is 1. The molecule has 0 radical (unpaired) electrons. The molecule has 0 atom stereocenters. The first-order valence-electron chi connectivity index (χ1n) is 8.67. The number of nitrogens with two attached hydrogens (primary N) is 1. The van der Waals surface area contributed by atoms with Gasteiger partial charge in [0.15, 0.2) is 10.8 Å². The highest BCUT2D eigenvalue weighted by molar-refractivity contribution is 7.21. The Morgan fingerprint density at radius 3 is 2.80 bits per heavy atom. The number of unbranched alkanes of at least 4 members (excludes halogenated alkanes) is 3. The molecule has 0 aliphatic heterocycles. The molecule has 1 aromatic carbocycles. The van der Waals surface area contributed by atoms with Crippen LogP contribution in [-0.2, 0) is 11.3 Å². The number of furan rings is 1. The van der Waals surface area contributed by atoms with Gasteiger partial charge < -0.3 is 15.5 Å². The normalized spacial score (nSPS) is 11.1. The largest absolute Gasteiger partial charge is 0.457 e. The third-order valence-corrected chi connectivity index (χ3v) is 5.04. The molecule has 6 heteroatoms. The smallest absolute Gasteiger partial charge is 0.220 e. The van der Waals surface area contributed by atoms with Crippen LogP contribution in [0.2, 0.25) is 0 Å². The van der Waals surface area contributed by atoms with E-state index < -0.39 is 0 Å². The van der Waals surface area contributed by atoms with Crippen molar-refractivity contribution in [3.63, 3.8) is 0 Å². The Hall–Kier alpha value is -2.18. The van der Waals surface area contributed by atoms with Gasteiger partial charge in [0.25, 0.3) is 0 Å². The van der Waals surface area contributed by atoms with Crippen molar-refractivity contribution in [1.82, 2.24) is 10.3 Å². The Bertz CT molecular complexity index is 792. The molecule has 1 amide bonds. The summed E-state index contributed by atoms with van der Waals surface area (Å²) in [6.45, 7) is 1.13. The van der Waals surface area contributed by atoms with Crippen LogP contribution in [0.4, 0.5) is 0 Å². The van der Waals surface area contributed by atoms with E-state index in [2.05, 4.69) is 10.3 Å². The molecule has 0 saturated heterocycles. The topological polar surface area (TPSA) is 81.2 Å². The third kappa shape index (κ3) is 4.90. The molecule has 3 rings (SSSR count). The molecule has 0 aliphatic carbocycles. The minimum Gasteiger partial charge on any atom is -0.457 e. The number of rotatable bonds is 9. The molecule has 2 aromatic heterocycles. The SMILES string of the molecule is NCCCCCCC(=O)NCc1ccc(-c2nc3ccccc3s2)o1. The summed E-state index contributed by atoms with van der Waals surface area (Å²) in [5, 5.41) is 3.77. The molecule has 3 N–H and O–H groups in total. The van der Waals surface area contributed by atoms with Crippen molar-refractivity contribution in [1.29, 1.82) is 0 Å². The Morgan fingerprint density at radius 1 is 1.12 bits per heavy atom. The molecule has 132 valence electrons. The van der Waals surface area contributed by atoms with Crippen molar-refractivity contribution in [2.75, 3.05) is 6.54 Å². The highest BCUT2D eigenvalue weighted by atomic mass is 32.1. The van der Waals surface area contributed by atoms with Crippen LogP contribution in [0.3, 0.4) is 0 Å². The number of amides is 1. The summed E-state index contributed by atoms with van der Waals surface area (Å²) in [6.07, 6.45) is 4.63. The van der Waals surface area contributed by atoms with Gasteiger partial charge in [0.1, 0.15) is 5.76 Å². The van der Waals surface area contributed by atoms with Crippen molar-refractivity contribution in [3.05, 3.63) is 42.2 Å². The van der Waals surface area contributed by atoms with Gasteiger partial charge >= 0.3 is 0 Å². The fourth-order valence-electron chi connectivity index (χ4n) is 2.62. The second-order valence-electron chi connectivity index (χ2n) is 5.98. The molecule has 0 fully saturated rings. The van der Waals surface area contributed by atoms with Gasteiger partial charge in [-0.3, -0.25) is 4.79 Å². The highest BCUT2D eigenvalue weighted by Gasteiger charge is 2.11. The maximum Gasteiger partial charge on any atom is 0.220 e. The van der Waals surface area contributed by atoms with Gasteiger partial charge in [-0.25, -0.2) is 4.98 Å². The van der Waals surface area contributed by atoms with E-state index in [1.54, 1.807) is 11.3 Å². The predicted molar refractivity (Wildman–Crippen MR) is 101 cm³/mol. The highest BCUT2D eigenvalue weighted by Crippen LogP contribution is 2.31. The Labute approximate surface area is 151 Å². The van der Waals surface area contributed by atoms with Crippen LogP contribution in [0.5, 0.6) is 0 Å². The molecule has 0 saturated carbocycles. The lowest BCUT2D eigenvalue weighted by atomic mass is 10.1. The molecule has 0 aliphatic rings. The minimum atomic E-state index is 0.0608. The molecular weight excluding hydrogens is 334 g/mol. The molecule has 0 unspecified atom stereocenters. The zero-order valence-electron chi connectivity index (χ0n) is 14.2. The van der Waals surface area contributed by atoms with Crippen molar-refractivity contribution >= 4 is 27.5 Å². The first-order chi connectivity index (χ1) is 12.3. The molecular formula is C19H23N3O2S. The van der Waals surface area contributed by atoms with Crippen LogP contribution in [0.15, 0.2) is 40.8 Å². The second kappa shape index (κ2) is 8.78. The number of thiazole rings is 1. The number of nitrogens with one attached hydrogen (secondary N) is 1. The van der Waals surface area contributed by atoms with Gasteiger partial charge in [-0.05, 0) is 43.7 Å². The summed E-state index contributed by atoms with van der Waals surface area (Å²) in [5.41, 5.74) is 6.43. The fourth-order valence-corrected chi connectivity index (χ4v) is 3.55. The van der Waals surface area contributed by atoms with Gasteiger partial charge in [0, 0.05) is 6.42 Å². The third-order valence-electron chi connectivity index (χ3n) is 3.98. The molecule has 5 nitrogen and oxygen atoms in total. The van der Waals surface area contributed by atoms with Gasteiger partial charge in [0.2, 0.25) is 5.91 Å². The minimum absolute atomic E-state index is 0.0608. The number of hydrogen-bond donors (Lipinski definition) is 2. The second-order valence-corrected chi connectivity index (χ2v) is 7.01. The zero-order valence-corrected chi connectivity index (χ0v) is 15.0. The van der Waals surface area contributed by atoms with E-state index in [1.165, 1.54) is 0 Å². The maximum atomic E-state index is 11.9. The molecule has 3 aromatic rings. The summed E-state index contributed by atoms with van der Waals surface area (Å²) in [5.74, 6) is 1.55. The van der Waals surface area contributed by atoms with E-state index in [-0.39, 0.29) is 5.91 Å². The van der Waals surface area contributed by atoms with Crippen molar-refractivity contribution in [2.24, 2.45) is 5.73 Å². The molecule has 25 heavy (non-hydrogen) atoms. The van der Waals surface area contributed by atoms with E-state index in [4.69, 9.17) is 10.2 Å². The van der Waals surface area contributed by atoms with Gasteiger partial charge in [-0.15, -0.1) is 11.3 Å². The quantitative estimate of drug-likeness (QED) is 0.565. The van der Waals surface area contributed by atoms with Crippen LogP contribution >= 0.6 is 11.3 Å². The summed E-state index contributed by atoms with van der Waals surface area (Å²) in [7, 11) is 0. The average molecular weight is 357 g/mol. The lowest BCUT2D eigenvalue weighted by Gasteiger charge is -2.03. The van der Waals surface area contributed by atoms with Crippen LogP contribution in [-0.4, -0.2) is 17.4 Å². The van der Waals surface area contributed by atoms with E-state index in [0.717, 1.165) is 59.0 Å². The fraction of sp³-hybridized carbons (Fsp3) is 0.368. The standard InChI is InChI=1S/C19H23N3O2S/c20-12-6-2-1-3-9-18(23)21-13-14-10-11-16(24-14)19-22-15-7-4-5-8-17(15)25-19/h4-5,7-8,10-11H,1-3,6,9,12-13,20H2,(H,21,23). The van der Waals surface area contributed by atoms with E-state index >= 15 is 0 Å². The van der Waals surface area contributed by atoms with E-state index in [1.807, 2.05) is 36.4 Å². The Balaban J connectivity index is 1.49. The first-order valence-corrected chi connectivity index (χ1v) is 9.49. The lowest BCUT2D eigenvalue weighted by molar-refractivity contribution is -0.121. The Kier molecular flexibility index (Phi) is 6.19. The number of para-hydroxylation sites is 1. The van der Waals surface area contributed by atoms with Gasteiger partial charge in [0.05, 0.1) is 16.8 Å².